The van der Waals surface area contributed by atoms with E-state index >= 15 is 0 Å². The van der Waals surface area contributed by atoms with Crippen LogP contribution in [0.4, 0.5) is 0 Å². The molecule has 15 nitrogen and oxygen atoms in total. The van der Waals surface area contributed by atoms with Crippen LogP contribution in [-0.4, -0.2) is 109 Å². The van der Waals surface area contributed by atoms with E-state index in [9.17, 15) is 43.8 Å². The van der Waals surface area contributed by atoms with Crippen LogP contribution in [0.1, 0.15) is 85.1 Å². The van der Waals surface area contributed by atoms with Gasteiger partial charge in [0.15, 0.2) is 24.1 Å². The summed E-state index contributed by atoms with van der Waals surface area (Å²) in [6, 6.07) is 4.46. The number of nitrogens with zero attached hydrogens (tertiary/aromatic N) is 1. The molecule has 3 amide bonds. The van der Waals surface area contributed by atoms with E-state index in [0.717, 1.165) is 4.90 Å². The summed E-state index contributed by atoms with van der Waals surface area (Å²) >= 11 is 0. The van der Waals surface area contributed by atoms with Crippen molar-refractivity contribution < 1.29 is 62.7 Å². The monoisotopic (exact) mass is 704 g/mol. The molecule has 51 heavy (non-hydrogen) atoms. The highest BCUT2D eigenvalue weighted by Crippen LogP contribution is 2.47. The summed E-state index contributed by atoms with van der Waals surface area (Å²) in [5, 5.41) is 25.0. The Kier molecular flexibility index (Phi) is 10.5. The fraction of sp³-hybridized carbons (Fsp3) is 0.417. The second kappa shape index (κ2) is 15.0. The zero-order valence-electron chi connectivity index (χ0n) is 27.7. The van der Waals surface area contributed by atoms with E-state index in [2.05, 4.69) is 5.32 Å². The number of phenolic OH excluding ortho intramolecular Hbond substituents is 1. The molecule has 0 saturated carbocycles. The van der Waals surface area contributed by atoms with Gasteiger partial charge in [0.25, 0.3) is 11.8 Å². The van der Waals surface area contributed by atoms with Crippen LogP contribution in [0.5, 0.6) is 11.5 Å². The number of rotatable bonds is 13. The molecule has 1 fully saturated rings. The maximum absolute atomic E-state index is 13.7. The number of ether oxygens (including phenoxy) is 4. The number of nitrogens with one attached hydrogen (secondary N) is 1. The summed E-state index contributed by atoms with van der Waals surface area (Å²) in [6.45, 7) is -0.432. The number of aldehydes is 1. The van der Waals surface area contributed by atoms with Crippen LogP contribution in [0.3, 0.4) is 0 Å². The molecule has 6 rings (SSSR count). The predicted octanol–water partition coefficient (Wildman–Crippen LogP) is 1.12. The Hall–Kier alpha value is -5.09. The molecule has 2 aliphatic heterocycles. The number of carbonyl (C=O) groups is 7. The third-order valence-corrected chi connectivity index (χ3v) is 9.51. The minimum Gasteiger partial charge on any atom is -0.507 e. The molecule has 4 unspecified atom stereocenters. The number of aliphatic hydroxyl groups is 1. The molecule has 2 heterocycles. The molecular weight excluding hydrogens is 668 g/mol. The lowest BCUT2D eigenvalue weighted by Crippen LogP contribution is -2.40. The summed E-state index contributed by atoms with van der Waals surface area (Å²) < 4.78 is 22.4. The Balaban J connectivity index is 1.04. The van der Waals surface area contributed by atoms with Crippen molar-refractivity contribution in [2.45, 2.75) is 50.6 Å². The van der Waals surface area contributed by atoms with E-state index < -0.39 is 65.2 Å². The highest BCUT2D eigenvalue weighted by molar-refractivity contribution is 6.32. The summed E-state index contributed by atoms with van der Waals surface area (Å²) in [6.07, 6.45) is 1.81. The van der Waals surface area contributed by atoms with Gasteiger partial charge in [-0.2, -0.15) is 0 Å². The lowest BCUT2D eigenvalue weighted by Gasteiger charge is -2.33. The van der Waals surface area contributed by atoms with E-state index in [4.69, 9.17) is 18.9 Å². The van der Waals surface area contributed by atoms with Gasteiger partial charge in [0.1, 0.15) is 24.7 Å². The van der Waals surface area contributed by atoms with E-state index in [0.29, 0.717) is 25.5 Å². The maximum Gasteiger partial charge on any atom is 0.253 e. The van der Waals surface area contributed by atoms with Crippen molar-refractivity contribution >= 4 is 41.4 Å². The van der Waals surface area contributed by atoms with Crippen LogP contribution < -0.4 is 10.1 Å². The molecule has 2 aliphatic carbocycles. The molecule has 4 atom stereocenters. The average molecular weight is 705 g/mol. The van der Waals surface area contributed by atoms with Gasteiger partial charge in [0.05, 0.1) is 37.1 Å². The quantitative estimate of drug-likeness (QED) is 0.168. The molecule has 0 spiro atoms. The van der Waals surface area contributed by atoms with Crippen LogP contribution in [0.25, 0.3) is 0 Å². The number of benzene rings is 2. The van der Waals surface area contributed by atoms with Crippen LogP contribution in [0, 0.1) is 5.92 Å². The van der Waals surface area contributed by atoms with Crippen LogP contribution in [0.2, 0.25) is 0 Å². The Morgan fingerprint density at radius 3 is 2.53 bits per heavy atom. The van der Waals surface area contributed by atoms with Crippen LogP contribution in [0.15, 0.2) is 30.4 Å². The van der Waals surface area contributed by atoms with Crippen LogP contribution >= 0.6 is 0 Å². The number of phenols is 1. The number of imide groups is 1. The molecular formula is C36H36N2O13. The number of aromatic hydroxyl groups is 1. The van der Waals surface area contributed by atoms with Crippen molar-refractivity contribution in [2.24, 2.45) is 5.92 Å². The van der Waals surface area contributed by atoms with Crippen molar-refractivity contribution in [1.29, 1.82) is 0 Å². The number of ketones is 3. The van der Waals surface area contributed by atoms with E-state index in [1.54, 1.807) is 0 Å². The predicted molar refractivity (Wildman–Crippen MR) is 173 cm³/mol. The summed E-state index contributed by atoms with van der Waals surface area (Å²) in [5.41, 5.74) is -0.817. The largest absolute Gasteiger partial charge is 0.507 e. The molecule has 0 radical (unpaired) electrons. The summed E-state index contributed by atoms with van der Waals surface area (Å²) in [7, 11) is 1.34. The Morgan fingerprint density at radius 1 is 1.04 bits per heavy atom. The van der Waals surface area contributed by atoms with Crippen molar-refractivity contribution in [2.75, 3.05) is 40.0 Å². The van der Waals surface area contributed by atoms with Crippen molar-refractivity contribution in [1.82, 2.24) is 10.2 Å². The fourth-order valence-corrected chi connectivity index (χ4v) is 7.03. The average Bonchev–Trinajstić information content (AvgIpc) is 3.44. The van der Waals surface area contributed by atoms with Gasteiger partial charge in [-0.15, -0.1) is 0 Å². The first-order valence-electron chi connectivity index (χ1n) is 16.5. The lowest BCUT2D eigenvalue weighted by atomic mass is 9.72. The molecule has 0 bridgehead atoms. The van der Waals surface area contributed by atoms with Crippen molar-refractivity contribution in [3.63, 3.8) is 0 Å². The van der Waals surface area contributed by atoms with Gasteiger partial charge in [0, 0.05) is 53.4 Å². The molecule has 1 saturated heterocycles. The van der Waals surface area contributed by atoms with E-state index in [-0.39, 0.29) is 90.4 Å². The molecule has 15 heteroatoms. The molecule has 4 aliphatic rings. The zero-order valence-corrected chi connectivity index (χ0v) is 27.7. The topological polar surface area (TPSA) is 212 Å². The van der Waals surface area contributed by atoms with Gasteiger partial charge in [0.2, 0.25) is 11.7 Å². The van der Waals surface area contributed by atoms with Crippen LogP contribution in [-0.2, 0) is 39.8 Å². The van der Waals surface area contributed by atoms with Crippen molar-refractivity contribution in [3.8, 4) is 11.5 Å². The standard InChI is InChI=1S/C36H36N2O13/c1-48-25-6-3-5-20-31(25)36(47)33-32(34(20)45)22(14-39)21-12-18(13-23(40)30(21)35(33)46)24(41)16-50-29-7-2-4-19(51-29)15-49-17-26(42)37-10-11-38-27(43)8-9-28(38)44/h3,5-6,8-9,14,18-19,23,29,40,46H,2,4,7,10-13,15-17H2,1H3,(H,37,42). The molecule has 3 N–H and O–H groups in total. The van der Waals surface area contributed by atoms with Gasteiger partial charge in [-0.1, -0.05) is 12.1 Å². The Bertz CT molecular complexity index is 1830. The van der Waals surface area contributed by atoms with Gasteiger partial charge < -0.3 is 34.5 Å². The lowest BCUT2D eigenvalue weighted by molar-refractivity contribution is -0.205. The van der Waals surface area contributed by atoms with E-state index in [1.807, 2.05) is 0 Å². The third kappa shape index (κ3) is 6.97. The highest BCUT2D eigenvalue weighted by Gasteiger charge is 2.43. The minimum atomic E-state index is -1.42. The molecule has 268 valence electrons. The SMILES string of the molecule is COc1cccc2c1C(=O)c1c(O)c3c(c(C=O)c1C2=O)CC(C(=O)COC1CCCC(COCC(=O)NCCN2C(=O)C=CC2=O)O1)CC3O. The second-order valence-electron chi connectivity index (χ2n) is 12.6. The zero-order chi connectivity index (χ0) is 36.4. The van der Waals surface area contributed by atoms with Gasteiger partial charge in [-0.3, -0.25) is 38.5 Å². The first kappa shape index (κ1) is 35.7. The first-order chi connectivity index (χ1) is 24.5. The minimum absolute atomic E-state index is 0.00879. The number of hydrogen-bond donors (Lipinski definition) is 3. The number of fused-ring (bicyclic) bond motifs is 3. The number of aliphatic hydroxyl groups excluding tert-OH is 1. The van der Waals surface area contributed by atoms with Gasteiger partial charge in [-0.05, 0) is 43.7 Å². The van der Waals surface area contributed by atoms with Gasteiger partial charge >= 0.3 is 0 Å². The van der Waals surface area contributed by atoms with E-state index in [1.165, 1.54) is 37.5 Å². The smallest absolute Gasteiger partial charge is 0.253 e. The second-order valence-corrected chi connectivity index (χ2v) is 12.6. The Labute approximate surface area is 291 Å². The molecule has 2 aromatic rings. The highest BCUT2D eigenvalue weighted by atomic mass is 16.7. The number of amides is 3. The number of methoxy groups -OCH3 is 1. The number of hydrogen-bond acceptors (Lipinski definition) is 13. The first-order valence-corrected chi connectivity index (χ1v) is 16.5. The third-order valence-electron chi connectivity index (χ3n) is 9.51. The van der Waals surface area contributed by atoms with Gasteiger partial charge in [-0.25, -0.2) is 0 Å². The number of carbonyl (C=O) groups excluding carboxylic acids is 7. The molecule has 0 aromatic heterocycles. The number of Topliss-reactive ketones (excluding diaryl/α,β-unsaturated/α-hetero) is 1. The maximum atomic E-state index is 13.7. The normalized spacial score (nSPS) is 22.4. The Morgan fingerprint density at radius 2 is 1.80 bits per heavy atom. The van der Waals surface area contributed by atoms with Crippen molar-refractivity contribution in [3.05, 3.63) is 69.3 Å². The molecule has 2 aromatic carbocycles. The summed E-state index contributed by atoms with van der Waals surface area (Å²) in [4.78, 5) is 89.4. The summed E-state index contributed by atoms with van der Waals surface area (Å²) in [5.74, 6) is -4.39. The fourth-order valence-electron chi connectivity index (χ4n) is 7.03.